The number of rotatable bonds is 6. The smallest absolute Gasteiger partial charge is 0.262 e. The summed E-state index contributed by atoms with van der Waals surface area (Å²) in [5.41, 5.74) is 1.05. The highest BCUT2D eigenvalue weighted by molar-refractivity contribution is 7.21. The van der Waals surface area contributed by atoms with E-state index in [1.807, 2.05) is 60.7 Å². The predicted molar refractivity (Wildman–Crippen MR) is 108 cm³/mol. The number of fused-ring (bicyclic) bond motifs is 1. The Morgan fingerprint density at radius 1 is 1.04 bits per heavy atom. The molecule has 136 valence electrons. The molecule has 0 atom stereocenters. The molecule has 0 aliphatic carbocycles. The monoisotopic (exact) mass is 378 g/mol. The zero-order chi connectivity index (χ0) is 18.6. The van der Waals surface area contributed by atoms with Gasteiger partial charge in [0.25, 0.3) is 5.56 Å². The Labute approximate surface area is 160 Å². The summed E-state index contributed by atoms with van der Waals surface area (Å²) in [6, 6.07) is 19.3. The molecule has 0 saturated heterocycles. The van der Waals surface area contributed by atoms with Crippen molar-refractivity contribution in [2.45, 2.75) is 6.54 Å². The third-order valence-electron chi connectivity index (χ3n) is 4.24. The summed E-state index contributed by atoms with van der Waals surface area (Å²) >= 11 is 1.53. The largest absolute Gasteiger partial charge is 0.497 e. The van der Waals surface area contributed by atoms with Crippen LogP contribution in [0.25, 0.3) is 20.7 Å². The van der Waals surface area contributed by atoms with E-state index in [2.05, 4.69) is 4.98 Å². The maximum Gasteiger partial charge on any atom is 0.262 e. The molecule has 2 aromatic heterocycles. The number of hydrogen-bond donors (Lipinski definition) is 0. The van der Waals surface area contributed by atoms with E-state index in [4.69, 9.17) is 9.47 Å². The lowest BCUT2D eigenvalue weighted by Gasteiger charge is -2.08. The van der Waals surface area contributed by atoms with Crippen LogP contribution in [-0.2, 0) is 6.54 Å². The van der Waals surface area contributed by atoms with Crippen LogP contribution in [0.4, 0.5) is 0 Å². The van der Waals surface area contributed by atoms with Gasteiger partial charge in [-0.3, -0.25) is 9.36 Å². The van der Waals surface area contributed by atoms with Gasteiger partial charge < -0.3 is 9.47 Å². The van der Waals surface area contributed by atoms with E-state index in [1.54, 1.807) is 18.0 Å². The molecule has 0 saturated carbocycles. The first-order chi connectivity index (χ1) is 13.2. The highest BCUT2D eigenvalue weighted by atomic mass is 32.1. The first-order valence-corrected chi connectivity index (χ1v) is 9.37. The predicted octanol–water partition coefficient (Wildman–Crippen LogP) is 4.21. The van der Waals surface area contributed by atoms with Gasteiger partial charge in [-0.05, 0) is 35.9 Å². The molecule has 0 spiro atoms. The van der Waals surface area contributed by atoms with E-state index < -0.39 is 0 Å². The molecule has 0 unspecified atom stereocenters. The van der Waals surface area contributed by atoms with Gasteiger partial charge in [-0.1, -0.05) is 30.3 Å². The normalized spacial score (nSPS) is 10.9. The summed E-state index contributed by atoms with van der Waals surface area (Å²) in [6.45, 7) is 0.819. The molecule has 0 aliphatic rings. The molecule has 0 bridgehead atoms. The molecule has 0 fully saturated rings. The van der Waals surface area contributed by atoms with Crippen molar-refractivity contribution in [3.05, 3.63) is 77.3 Å². The quantitative estimate of drug-likeness (QED) is 0.504. The van der Waals surface area contributed by atoms with Crippen LogP contribution in [0.1, 0.15) is 0 Å². The maximum atomic E-state index is 12.8. The second kappa shape index (κ2) is 7.63. The molecular weight excluding hydrogens is 360 g/mol. The minimum atomic E-state index is -0.0447. The van der Waals surface area contributed by atoms with E-state index >= 15 is 0 Å². The van der Waals surface area contributed by atoms with Gasteiger partial charge in [-0.25, -0.2) is 4.98 Å². The Morgan fingerprint density at radius 3 is 2.52 bits per heavy atom. The topological polar surface area (TPSA) is 53.4 Å². The second-order valence-corrected chi connectivity index (χ2v) is 6.99. The summed E-state index contributed by atoms with van der Waals surface area (Å²) in [4.78, 5) is 19.0. The molecule has 0 radical (unpaired) electrons. The fourth-order valence-corrected chi connectivity index (χ4v) is 3.79. The van der Waals surface area contributed by atoms with Crippen molar-refractivity contribution in [1.29, 1.82) is 0 Å². The summed E-state index contributed by atoms with van der Waals surface area (Å²) in [6.07, 6.45) is 1.59. The lowest BCUT2D eigenvalue weighted by molar-refractivity contribution is 0.295. The number of thiophene rings is 1. The van der Waals surface area contributed by atoms with Crippen LogP contribution < -0.4 is 15.0 Å². The average molecular weight is 378 g/mol. The van der Waals surface area contributed by atoms with Crippen LogP contribution in [0, 0.1) is 0 Å². The summed E-state index contributed by atoms with van der Waals surface area (Å²) in [5.74, 6) is 1.51. The third kappa shape index (κ3) is 3.71. The molecule has 27 heavy (non-hydrogen) atoms. The third-order valence-corrected chi connectivity index (χ3v) is 5.33. The van der Waals surface area contributed by atoms with Gasteiger partial charge in [0.1, 0.15) is 22.9 Å². The number of hydrogen-bond acceptors (Lipinski definition) is 5. The molecular formula is C21H18N2O3S. The van der Waals surface area contributed by atoms with Crippen LogP contribution in [0.3, 0.4) is 0 Å². The minimum Gasteiger partial charge on any atom is -0.497 e. The van der Waals surface area contributed by atoms with E-state index in [9.17, 15) is 4.79 Å². The van der Waals surface area contributed by atoms with Gasteiger partial charge in [0.2, 0.25) is 0 Å². The number of methoxy groups -OCH3 is 1. The standard InChI is InChI=1S/C21H18N2O3S/c1-25-16-7-9-17(10-8-16)26-12-11-23-14-22-20-18(21(23)24)13-19(27-20)15-5-3-2-4-6-15/h2-10,13-14H,11-12H2,1H3. The summed E-state index contributed by atoms with van der Waals surface area (Å²) in [7, 11) is 1.62. The number of nitrogens with zero attached hydrogens (tertiary/aromatic N) is 2. The Balaban J connectivity index is 1.50. The fraction of sp³-hybridized carbons (Fsp3) is 0.143. The zero-order valence-corrected chi connectivity index (χ0v) is 15.6. The SMILES string of the molecule is COc1ccc(OCCn2cnc3sc(-c4ccccc4)cc3c2=O)cc1. The molecule has 0 aliphatic heterocycles. The first kappa shape index (κ1) is 17.3. The van der Waals surface area contributed by atoms with Gasteiger partial charge in [-0.15, -0.1) is 11.3 Å². The Hall–Kier alpha value is -3.12. The first-order valence-electron chi connectivity index (χ1n) is 8.56. The average Bonchev–Trinajstić information content (AvgIpc) is 3.16. The molecule has 2 heterocycles. The van der Waals surface area contributed by atoms with Gasteiger partial charge >= 0.3 is 0 Å². The minimum absolute atomic E-state index is 0.0447. The van der Waals surface area contributed by atoms with E-state index in [0.29, 0.717) is 18.5 Å². The molecule has 2 aromatic carbocycles. The highest BCUT2D eigenvalue weighted by Crippen LogP contribution is 2.30. The van der Waals surface area contributed by atoms with Gasteiger partial charge in [-0.2, -0.15) is 0 Å². The molecule has 4 rings (SSSR count). The van der Waals surface area contributed by atoms with Gasteiger partial charge in [0.15, 0.2) is 0 Å². The highest BCUT2D eigenvalue weighted by Gasteiger charge is 2.10. The van der Waals surface area contributed by atoms with Crippen LogP contribution in [0.2, 0.25) is 0 Å². The Kier molecular flexibility index (Phi) is 4.89. The molecule has 5 nitrogen and oxygen atoms in total. The fourth-order valence-electron chi connectivity index (χ4n) is 2.80. The van der Waals surface area contributed by atoms with Crippen molar-refractivity contribution in [3.8, 4) is 21.9 Å². The van der Waals surface area contributed by atoms with Crippen molar-refractivity contribution >= 4 is 21.6 Å². The number of benzene rings is 2. The summed E-state index contributed by atoms with van der Waals surface area (Å²) in [5, 5.41) is 0.644. The molecule has 0 amide bonds. The van der Waals surface area contributed by atoms with Crippen molar-refractivity contribution in [2.75, 3.05) is 13.7 Å². The van der Waals surface area contributed by atoms with Gasteiger partial charge in [0.05, 0.1) is 25.4 Å². The van der Waals surface area contributed by atoms with Crippen LogP contribution in [0.15, 0.2) is 71.8 Å². The van der Waals surface area contributed by atoms with Crippen LogP contribution >= 0.6 is 11.3 Å². The molecule has 6 heteroatoms. The van der Waals surface area contributed by atoms with Crippen molar-refractivity contribution < 1.29 is 9.47 Å². The Bertz CT molecular complexity index is 1100. The van der Waals surface area contributed by atoms with Crippen molar-refractivity contribution in [1.82, 2.24) is 9.55 Å². The van der Waals surface area contributed by atoms with E-state index in [0.717, 1.165) is 26.8 Å². The zero-order valence-electron chi connectivity index (χ0n) is 14.8. The summed E-state index contributed by atoms with van der Waals surface area (Å²) < 4.78 is 12.4. The Morgan fingerprint density at radius 2 is 1.78 bits per heavy atom. The second-order valence-electron chi connectivity index (χ2n) is 5.96. The lowest BCUT2D eigenvalue weighted by atomic mass is 10.2. The molecule has 0 N–H and O–H groups in total. The lowest BCUT2D eigenvalue weighted by Crippen LogP contribution is -2.23. The number of aromatic nitrogens is 2. The van der Waals surface area contributed by atoms with Crippen molar-refractivity contribution in [3.63, 3.8) is 0 Å². The van der Waals surface area contributed by atoms with Crippen molar-refractivity contribution in [2.24, 2.45) is 0 Å². The van der Waals surface area contributed by atoms with E-state index in [-0.39, 0.29) is 5.56 Å². The maximum absolute atomic E-state index is 12.8. The van der Waals surface area contributed by atoms with Crippen LogP contribution in [-0.4, -0.2) is 23.3 Å². The van der Waals surface area contributed by atoms with E-state index in [1.165, 1.54) is 11.3 Å². The van der Waals surface area contributed by atoms with Crippen LogP contribution in [0.5, 0.6) is 11.5 Å². The molecule has 4 aromatic rings. The number of ether oxygens (including phenoxy) is 2. The van der Waals surface area contributed by atoms with Gasteiger partial charge in [0, 0.05) is 4.88 Å².